The van der Waals surface area contributed by atoms with Crippen molar-refractivity contribution in [3.8, 4) is 0 Å². The van der Waals surface area contributed by atoms with Gasteiger partial charge in [-0.2, -0.15) is 0 Å². The third kappa shape index (κ3) is 12.3. The van der Waals surface area contributed by atoms with Crippen molar-refractivity contribution in [3.05, 3.63) is 58.5 Å². The zero-order chi connectivity index (χ0) is 33.1. The first-order chi connectivity index (χ1) is 20.6. The molecule has 4 unspecified atom stereocenters. The minimum Gasteiger partial charge on any atom is -0.437 e. The van der Waals surface area contributed by atoms with E-state index in [4.69, 9.17) is 30.5 Å². The van der Waals surface area contributed by atoms with E-state index in [0.29, 0.717) is 37.0 Å². The summed E-state index contributed by atoms with van der Waals surface area (Å²) in [7, 11) is 4.45. The summed E-state index contributed by atoms with van der Waals surface area (Å²) in [6.45, 7) is 11.3. The van der Waals surface area contributed by atoms with Crippen molar-refractivity contribution in [2.24, 2.45) is 11.6 Å². The molecule has 6 N–H and O–H groups in total. The van der Waals surface area contributed by atoms with Gasteiger partial charge in [0.15, 0.2) is 11.9 Å². The Hall–Kier alpha value is -3.58. The summed E-state index contributed by atoms with van der Waals surface area (Å²) >= 11 is 0. The van der Waals surface area contributed by atoms with Gasteiger partial charge in [-0.3, -0.25) is 20.2 Å². The quantitative estimate of drug-likeness (QED) is 0.206. The minimum absolute atomic E-state index is 0.133. The molecule has 0 aromatic carbocycles. The molecule has 0 aromatic heterocycles. The van der Waals surface area contributed by atoms with E-state index >= 15 is 0 Å². The maximum atomic E-state index is 13.2. The van der Waals surface area contributed by atoms with E-state index in [2.05, 4.69) is 10.7 Å². The molecule has 1 aliphatic heterocycles. The minimum atomic E-state index is -1.02. The highest BCUT2D eigenvalue weighted by Crippen LogP contribution is 2.24. The molecular formula is C31H50N4O8. The molecule has 242 valence electrons. The molecule has 1 aliphatic carbocycles. The van der Waals surface area contributed by atoms with Gasteiger partial charge in [-0.1, -0.05) is 45.9 Å². The molecule has 0 spiro atoms. The number of hydrazine groups is 1. The third-order valence-corrected chi connectivity index (χ3v) is 6.56. The van der Waals surface area contributed by atoms with Gasteiger partial charge in [0.05, 0.1) is 23.6 Å². The fourth-order valence-electron chi connectivity index (χ4n) is 4.36. The lowest BCUT2D eigenvalue weighted by Crippen LogP contribution is -2.43. The number of nitrogens with one attached hydrogen (secondary N) is 2. The predicted octanol–water partition coefficient (Wildman–Crippen LogP) is 3.44. The van der Waals surface area contributed by atoms with Crippen LogP contribution < -0.4 is 22.3 Å². The number of primary amides is 1. The average molecular weight is 607 g/mol. The number of nitrogens with two attached hydrogens (primary N) is 2. The largest absolute Gasteiger partial charge is 0.437 e. The SMILES string of the molecule is CC.CC.COC1CC/C=C(\NN)C(OC(N)=O)C(OC)/C(C)=C\C=C(/C)C(=O)NC2=CC(=O)C=C(C2=O)C(OC)CC1. The van der Waals surface area contributed by atoms with Crippen LogP contribution in [-0.4, -0.2) is 69.3 Å². The summed E-state index contributed by atoms with van der Waals surface area (Å²) in [6.07, 6.45) is 5.40. The first kappa shape index (κ1) is 39.4. The molecule has 2 bridgehead atoms. The highest BCUT2D eigenvalue weighted by atomic mass is 16.6. The van der Waals surface area contributed by atoms with Gasteiger partial charge in [-0.05, 0) is 51.2 Å². The number of allylic oxidation sites excluding steroid dienone is 6. The van der Waals surface area contributed by atoms with Gasteiger partial charge >= 0.3 is 6.09 Å². The van der Waals surface area contributed by atoms with Crippen LogP contribution in [0, 0.1) is 0 Å². The molecular weight excluding hydrogens is 556 g/mol. The second-order valence-electron chi connectivity index (χ2n) is 9.16. The molecule has 1 heterocycles. The van der Waals surface area contributed by atoms with Crippen molar-refractivity contribution in [2.75, 3.05) is 21.3 Å². The molecule has 0 fully saturated rings. The zero-order valence-electron chi connectivity index (χ0n) is 26.9. The number of carbonyl (C=O) groups excluding carboxylic acids is 4. The van der Waals surface area contributed by atoms with Gasteiger partial charge < -0.3 is 35.4 Å². The van der Waals surface area contributed by atoms with Crippen molar-refractivity contribution < 1.29 is 38.1 Å². The Morgan fingerprint density at radius 1 is 0.907 bits per heavy atom. The smallest absolute Gasteiger partial charge is 0.405 e. The molecule has 12 nitrogen and oxygen atoms in total. The fraction of sp³-hybridized carbons (Fsp3) is 0.548. The molecule has 0 saturated heterocycles. The lowest BCUT2D eigenvalue weighted by molar-refractivity contribution is -0.120. The Morgan fingerprint density at radius 3 is 2.09 bits per heavy atom. The van der Waals surface area contributed by atoms with Crippen LogP contribution in [0.15, 0.2) is 58.5 Å². The number of rotatable bonds is 5. The number of Topliss-reactive ketones (excluding diaryl/α,β-unsaturated/α-hetero) is 1. The highest BCUT2D eigenvalue weighted by Gasteiger charge is 2.31. The molecule has 0 radical (unpaired) electrons. The summed E-state index contributed by atoms with van der Waals surface area (Å²) in [5, 5.41) is 2.53. The van der Waals surface area contributed by atoms with Crippen molar-refractivity contribution in [2.45, 2.75) is 91.6 Å². The number of hydrogen-bond donors (Lipinski definition) is 4. The summed E-state index contributed by atoms with van der Waals surface area (Å²) in [6, 6.07) is 0. The van der Waals surface area contributed by atoms with E-state index in [1.54, 1.807) is 33.1 Å². The number of amides is 2. The van der Waals surface area contributed by atoms with Crippen LogP contribution in [0.25, 0.3) is 0 Å². The van der Waals surface area contributed by atoms with Crippen molar-refractivity contribution >= 4 is 23.6 Å². The first-order valence-electron chi connectivity index (χ1n) is 14.5. The van der Waals surface area contributed by atoms with E-state index in [-0.39, 0.29) is 22.9 Å². The fourth-order valence-corrected chi connectivity index (χ4v) is 4.36. The van der Waals surface area contributed by atoms with Gasteiger partial charge in [-0.25, -0.2) is 4.79 Å². The van der Waals surface area contributed by atoms with Gasteiger partial charge in [0.1, 0.15) is 6.10 Å². The highest BCUT2D eigenvalue weighted by molar-refractivity contribution is 6.22. The van der Waals surface area contributed by atoms with Crippen LogP contribution in [-0.2, 0) is 33.3 Å². The molecule has 0 aromatic rings. The zero-order valence-corrected chi connectivity index (χ0v) is 26.9. The van der Waals surface area contributed by atoms with Crippen LogP contribution >= 0.6 is 0 Å². The Kier molecular flexibility index (Phi) is 19.4. The summed E-state index contributed by atoms with van der Waals surface area (Å²) in [5.41, 5.74) is 9.12. The molecule has 0 saturated carbocycles. The normalized spacial score (nSPS) is 27.4. The summed E-state index contributed by atoms with van der Waals surface area (Å²) in [5.74, 6) is 4.28. The van der Waals surface area contributed by atoms with E-state index < -0.39 is 41.9 Å². The monoisotopic (exact) mass is 606 g/mol. The number of hydrogen-bond acceptors (Lipinski definition) is 10. The van der Waals surface area contributed by atoms with Crippen molar-refractivity contribution in [1.82, 2.24) is 10.7 Å². The second kappa shape index (κ2) is 21.2. The third-order valence-electron chi connectivity index (χ3n) is 6.56. The Morgan fingerprint density at radius 2 is 1.56 bits per heavy atom. The van der Waals surface area contributed by atoms with Crippen molar-refractivity contribution in [3.63, 3.8) is 0 Å². The van der Waals surface area contributed by atoms with Crippen LogP contribution in [0.1, 0.15) is 67.2 Å². The Balaban J connectivity index is 0.00000422. The van der Waals surface area contributed by atoms with Crippen LogP contribution in [0.5, 0.6) is 0 Å². The standard InChI is InChI=1S/C27H38N4O8.2C2H6/c1-15-9-10-16(2)26(34)30-21-14-17(32)13-19(23(21)33)22(37-4)12-11-18(36-3)7-6-8-20(31-29)25(24(15)38-5)39-27(28)35;2*1-2/h8-10,13-14,18,22,24-25,31H,6-7,11-12,29H2,1-5H3,(H2,28,35)(H,30,34);2*1-2H3/b15-9-,16-10+,20-8-;;. The predicted molar refractivity (Wildman–Crippen MR) is 165 cm³/mol. The number of methoxy groups -OCH3 is 3. The Labute approximate surface area is 255 Å². The van der Waals surface area contributed by atoms with Crippen LogP contribution in [0.4, 0.5) is 4.79 Å². The van der Waals surface area contributed by atoms with Gasteiger partial charge in [0.2, 0.25) is 5.78 Å². The van der Waals surface area contributed by atoms with E-state index in [9.17, 15) is 19.2 Å². The Bertz CT molecular complexity index is 1110. The van der Waals surface area contributed by atoms with Gasteiger partial charge in [-0.15, -0.1) is 0 Å². The van der Waals surface area contributed by atoms with Crippen LogP contribution in [0.2, 0.25) is 0 Å². The second-order valence-corrected chi connectivity index (χ2v) is 9.16. The molecule has 2 amide bonds. The van der Waals surface area contributed by atoms with Crippen molar-refractivity contribution in [1.29, 1.82) is 0 Å². The maximum Gasteiger partial charge on any atom is 0.405 e. The average Bonchev–Trinajstić information content (AvgIpc) is 3.00. The van der Waals surface area contributed by atoms with E-state index in [1.165, 1.54) is 26.4 Å². The first-order valence-corrected chi connectivity index (χ1v) is 14.5. The topological polar surface area (TPSA) is 181 Å². The number of fused-ring (bicyclic) bond motifs is 2. The molecule has 2 aliphatic rings. The maximum absolute atomic E-state index is 13.2. The van der Waals surface area contributed by atoms with E-state index in [1.807, 2.05) is 27.7 Å². The lowest BCUT2D eigenvalue weighted by atomic mass is 9.92. The molecule has 12 heteroatoms. The lowest BCUT2D eigenvalue weighted by Gasteiger charge is -2.28. The summed E-state index contributed by atoms with van der Waals surface area (Å²) < 4.78 is 22.1. The van der Waals surface area contributed by atoms with Crippen LogP contribution in [0.3, 0.4) is 0 Å². The van der Waals surface area contributed by atoms with Gasteiger partial charge in [0, 0.05) is 38.6 Å². The summed E-state index contributed by atoms with van der Waals surface area (Å²) in [4.78, 5) is 50.2. The molecule has 43 heavy (non-hydrogen) atoms. The molecule has 2 rings (SSSR count). The molecule has 4 atom stereocenters. The number of ether oxygens (including phenoxy) is 4. The number of carbonyl (C=O) groups is 4. The number of ketones is 2. The van der Waals surface area contributed by atoms with E-state index in [0.717, 1.165) is 6.08 Å². The van der Waals surface area contributed by atoms with Gasteiger partial charge in [0.25, 0.3) is 5.91 Å².